The summed E-state index contributed by atoms with van der Waals surface area (Å²) in [5.41, 5.74) is 2.48. The number of carbonyl (C=O) groups excluding carboxylic acids is 3. The second kappa shape index (κ2) is 13.3. The Bertz CT molecular complexity index is 1160. The average molecular weight is 574 g/mol. The van der Waals surface area contributed by atoms with E-state index in [0.29, 0.717) is 30.1 Å². The fourth-order valence-electron chi connectivity index (χ4n) is 3.42. The van der Waals surface area contributed by atoms with Crippen LogP contribution in [0.5, 0.6) is 11.5 Å². The number of amides is 2. The molecule has 1 saturated heterocycles. The van der Waals surface area contributed by atoms with Crippen molar-refractivity contribution in [1.29, 1.82) is 0 Å². The lowest BCUT2D eigenvalue weighted by atomic mass is 10.0. The van der Waals surface area contributed by atoms with Crippen molar-refractivity contribution in [1.82, 2.24) is 4.90 Å². The second-order valence-electron chi connectivity index (χ2n) is 7.96. The molecular weight excluding hydrogens is 546 g/mol. The molecule has 1 fully saturated rings. The van der Waals surface area contributed by atoms with Gasteiger partial charge in [-0.15, -0.1) is 6.58 Å². The molecule has 1 aliphatic heterocycles. The van der Waals surface area contributed by atoms with Crippen LogP contribution in [0, 0.1) is 0 Å². The number of carbonyl (C=O) groups is 3. The molecule has 0 aromatic heterocycles. The average Bonchev–Trinajstić information content (AvgIpc) is 3.11. The van der Waals surface area contributed by atoms with E-state index in [-0.39, 0.29) is 11.5 Å². The number of hydrogen-bond acceptors (Lipinski definition) is 7. The number of hydrogen-bond donors (Lipinski definition) is 0. The number of methoxy groups -OCH3 is 1. The Morgan fingerprint density at radius 2 is 1.94 bits per heavy atom. The summed E-state index contributed by atoms with van der Waals surface area (Å²) in [5, 5.41) is -0.508. The molecule has 1 aliphatic rings. The summed E-state index contributed by atoms with van der Waals surface area (Å²) in [4.78, 5) is 38.4. The number of esters is 1. The fourth-order valence-corrected chi connectivity index (χ4v) is 4.52. The highest BCUT2D eigenvalue weighted by Crippen LogP contribution is 2.37. The van der Waals surface area contributed by atoms with Crippen molar-refractivity contribution in [3.8, 4) is 11.5 Å². The van der Waals surface area contributed by atoms with E-state index in [0.717, 1.165) is 45.1 Å². The smallest absolute Gasteiger partial charge is 0.326 e. The number of imide groups is 1. The van der Waals surface area contributed by atoms with Gasteiger partial charge in [-0.3, -0.25) is 19.3 Å². The number of nitrogens with zero attached hydrogens (tertiary/aromatic N) is 1. The molecular formula is C27H28BrNO6S. The maximum Gasteiger partial charge on any atom is 0.326 e. The zero-order chi connectivity index (χ0) is 26.1. The molecule has 0 atom stereocenters. The Balaban J connectivity index is 1.80. The lowest BCUT2D eigenvalue weighted by Gasteiger charge is -2.16. The third kappa shape index (κ3) is 7.24. The summed E-state index contributed by atoms with van der Waals surface area (Å²) >= 11 is 4.21. The van der Waals surface area contributed by atoms with E-state index >= 15 is 0 Å². The van der Waals surface area contributed by atoms with Crippen molar-refractivity contribution >= 4 is 50.9 Å². The summed E-state index contributed by atoms with van der Waals surface area (Å²) in [6, 6.07) is 11.4. The SMILES string of the molecule is C=CCc1cc(/C=C2\SC(=O)N(CC(=O)OCCCC)C2=O)cc(OC)c1OCc1ccc(Br)cc1. The minimum absolute atomic E-state index is 0.219. The Morgan fingerprint density at radius 1 is 1.19 bits per heavy atom. The van der Waals surface area contributed by atoms with Gasteiger partial charge in [-0.1, -0.05) is 47.5 Å². The number of rotatable bonds is 12. The van der Waals surface area contributed by atoms with E-state index in [4.69, 9.17) is 14.2 Å². The van der Waals surface area contributed by atoms with Crippen molar-refractivity contribution in [2.24, 2.45) is 0 Å². The predicted octanol–water partition coefficient (Wildman–Crippen LogP) is 6.14. The van der Waals surface area contributed by atoms with Gasteiger partial charge in [0.1, 0.15) is 13.2 Å². The molecule has 190 valence electrons. The number of halogens is 1. The Labute approximate surface area is 223 Å². The number of allylic oxidation sites excluding steroid dienone is 1. The first kappa shape index (κ1) is 27.5. The molecule has 0 radical (unpaired) electrons. The van der Waals surface area contributed by atoms with Gasteiger partial charge < -0.3 is 14.2 Å². The van der Waals surface area contributed by atoms with Gasteiger partial charge in [0.05, 0.1) is 18.6 Å². The maximum absolute atomic E-state index is 12.8. The summed E-state index contributed by atoms with van der Waals surface area (Å²) in [5.74, 6) is -0.0525. The highest BCUT2D eigenvalue weighted by atomic mass is 79.9. The van der Waals surface area contributed by atoms with Crippen LogP contribution >= 0.6 is 27.7 Å². The van der Waals surface area contributed by atoms with Gasteiger partial charge in [0.2, 0.25) is 0 Å². The number of unbranched alkanes of at least 4 members (excludes halogenated alkanes) is 1. The topological polar surface area (TPSA) is 82.1 Å². The van der Waals surface area contributed by atoms with Crippen LogP contribution in [0.2, 0.25) is 0 Å². The van der Waals surface area contributed by atoms with Gasteiger partial charge in [0, 0.05) is 10.0 Å². The molecule has 0 aliphatic carbocycles. The zero-order valence-electron chi connectivity index (χ0n) is 20.3. The van der Waals surface area contributed by atoms with Gasteiger partial charge >= 0.3 is 5.97 Å². The standard InChI is InChI=1S/C27H28BrNO6S/c1-4-6-12-34-24(30)16-29-26(31)23(36-27(29)32)15-19-13-20(7-5-2)25(22(14-19)33-3)35-17-18-8-10-21(28)11-9-18/h5,8-11,13-15H,2,4,6-7,12,16-17H2,1,3H3/b23-15-. The summed E-state index contributed by atoms with van der Waals surface area (Å²) in [6.45, 7) is 6.02. The molecule has 3 rings (SSSR count). The van der Waals surface area contributed by atoms with Crippen LogP contribution in [-0.4, -0.2) is 42.3 Å². The highest BCUT2D eigenvalue weighted by Gasteiger charge is 2.36. The minimum Gasteiger partial charge on any atom is -0.493 e. The Kier molecular flexibility index (Phi) is 10.2. The molecule has 0 spiro atoms. The summed E-state index contributed by atoms with van der Waals surface area (Å²) in [7, 11) is 1.54. The first-order valence-electron chi connectivity index (χ1n) is 11.5. The lowest BCUT2D eigenvalue weighted by molar-refractivity contribution is -0.146. The quantitative estimate of drug-likeness (QED) is 0.130. The third-order valence-corrected chi connectivity index (χ3v) is 6.69. The molecule has 2 aromatic carbocycles. The van der Waals surface area contributed by atoms with E-state index < -0.39 is 23.7 Å². The van der Waals surface area contributed by atoms with Crippen molar-refractivity contribution in [2.45, 2.75) is 32.8 Å². The lowest BCUT2D eigenvalue weighted by Crippen LogP contribution is -2.34. The predicted molar refractivity (Wildman–Crippen MR) is 144 cm³/mol. The van der Waals surface area contributed by atoms with E-state index in [2.05, 4.69) is 22.5 Å². The van der Waals surface area contributed by atoms with E-state index in [9.17, 15) is 14.4 Å². The number of ether oxygens (including phenoxy) is 3. The van der Waals surface area contributed by atoms with E-state index in [1.165, 1.54) is 0 Å². The van der Waals surface area contributed by atoms with Crippen LogP contribution in [0.1, 0.15) is 36.5 Å². The molecule has 36 heavy (non-hydrogen) atoms. The van der Waals surface area contributed by atoms with E-state index in [1.807, 2.05) is 37.3 Å². The van der Waals surface area contributed by atoms with Crippen molar-refractivity contribution in [3.63, 3.8) is 0 Å². The first-order valence-corrected chi connectivity index (χ1v) is 13.1. The molecule has 0 saturated carbocycles. The minimum atomic E-state index is -0.603. The van der Waals surface area contributed by atoms with Crippen LogP contribution in [0.4, 0.5) is 4.79 Å². The monoisotopic (exact) mass is 573 g/mol. The molecule has 0 unspecified atom stereocenters. The summed E-state index contributed by atoms with van der Waals surface area (Å²) in [6.07, 6.45) is 5.48. The van der Waals surface area contributed by atoms with Crippen molar-refractivity contribution < 1.29 is 28.6 Å². The largest absolute Gasteiger partial charge is 0.493 e. The Hall–Kier alpha value is -3.04. The third-order valence-electron chi connectivity index (χ3n) is 5.25. The van der Waals surface area contributed by atoms with Crippen molar-refractivity contribution in [2.75, 3.05) is 20.3 Å². The summed E-state index contributed by atoms with van der Waals surface area (Å²) < 4.78 is 17.8. The van der Waals surface area contributed by atoms with Crippen LogP contribution in [0.3, 0.4) is 0 Å². The second-order valence-corrected chi connectivity index (χ2v) is 9.87. The normalized spacial score (nSPS) is 14.3. The molecule has 9 heteroatoms. The van der Waals surface area contributed by atoms with Crippen molar-refractivity contribution in [3.05, 3.63) is 75.1 Å². The van der Waals surface area contributed by atoms with Crippen LogP contribution in [0.25, 0.3) is 6.08 Å². The van der Waals surface area contributed by atoms with Gasteiger partial charge in [0.25, 0.3) is 11.1 Å². The number of thioether (sulfide) groups is 1. The molecule has 0 N–H and O–H groups in total. The van der Waals surface area contributed by atoms with Gasteiger partial charge in [-0.25, -0.2) is 0 Å². The fraction of sp³-hybridized carbons (Fsp3) is 0.296. The Morgan fingerprint density at radius 3 is 2.61 bits per heavy atom. The molecule has 0 bridgehead atoms. The molecule has 1 heterocycles. The van der Waals surface area contributed by atoms with Crippen LogP contribution in [-0.2, 0) is 27.4 Å². The molecule has 7 nitrogen and oxygen atoms in total. The maximum atomic E-state index is 12.8. The highest BCUT2D eigenvalue weighted by molar-refractivity contribution is 9.10. The van der Waals surface area contributed by atoms with Gasteiger partial charge in [-0.05, 0) is 66.1 Å². The van der Waals surface area contributed by atoms with E-state index in [1.54, 1.807) is 25.3 Å². The van der Waals surface area contributed by atoms with Crippen LogP contribution in [0.15, 0.2) is 58.4 Å². The number of benzene rings is 2. The van der Waals surface area contributed by atoms with Gasteiger partial charge in [0.15, 0.2) is 11.5 Å². The molecule has 2 aromatic rings. The first-order chi connectivity index (χ1) is 17.4. The zero-order valence-corrected chi connectivity index (χ0v) is 22.7. The van der Waals surface area contributed by atoms with Crippen LogP contribution < -0.4 is 9.47 Å². The van der Waals surface area contributed by atoms with Gasteiger partial charge in [-0.2, -0.15) is 0 Å². The molecule has 2 amide bonds.